The highest BCUT2D eigenvalue weighted by atomic mass is 14.9. The number of nitrogens with zero attached hydrogens (tertiary/aromatic N) is 1. The fraction of sp³-hybridized carbons (Fsp3) is 0.750. The number of aromatic nitrogens is 1. The van der Waals surface area contributed by atoms with Gasteiger partial charge >= 0.3 is 0 Å². The Balaban J connectivity index is 2.22. The van der Waals surface area contributed by atoms with E-state index in [4.69, 9.17) is 0 Å². The second kappa shape index (κ2) is 9.21. The van der Waals surface area contributed by atoms with Crippen molar-refractivity contribution in [1.29, 1.82) is 0 Å². The van der Waals surface area contributed by atoms with Crippen molar-refractivity contribution in [1.82, 2.24) is 9.88 Å². The molecule has 0 aliphatic heterocycles. The summed E-state index contributed by atoms with van der Waals surface area (Å²) in [4.78, 5) is 0. The first-order valence-corrected chi connectivity index (χ1v) is 7.65. The molecule has 2 heteroatoms. The third-order valence-electron chi connectivity index (χ3n) is 3.60. The number of unbranched alkanes of at least 4 members (excludes halogenated alkanes) is 1. The largest absolute Gasteiger partial charge is 0.354 e. The van der Waals surface area contributed by atoms with E-state index < -0.39 is 0 Å². The van der Waals surface area contributed by atoms with Crippen LogP contribution in [0.3, 0.4) is 0 Å². The van der Waals surface area contributed by atoms with Crippen LogP contribution in [0.25, 0.3) is 0 Å². The normalized spacial score (nSPS) is 12.8. The minimum absolute atomic E-state index is 0.850. The molecular formula is C16H30N2. The molecule has 0 aromatic carbocycles. The van der Waals surface area contributed by atoms with Crippen molar-refractivity contribution in [2.24, 2.45) is 5.92 Å². The van der Waals surface area contributed by atoms with Crippen LogP contribution in [0.1, 0.15) is 58.4 Å². The lowest BCUT2D eigenvalue weighted by Crippen LogP contribution is -2.22. The van der Waals surface area contributed by atoms with Crippen LogP contribution in [0, 0.1) is 5.92 Å². The third kappa shape index (κ3) is 5.72. The SMILES string of the molecule is CCCCC(CC)CNCc1ccn(CCC)c1. The van der Waals surface area contributed by atoms with Crippen LogP contribution in [-0.4, -0.2) is 11.1 Å². The lowest BCUT2D eigenvalue weighted by atomic mass is 9.99. The van der Waals surface area contributed by atoms with Crippen molar-refractivity contribution < 1.29 is 0 Å². The zero-order valence-electron chi connectivity index (χ0n) is 12.4. The van der Waals surface area contributed by atoms with Gasteiger partial charge in [0.25, 0.3) is 0 Å². The summed E-state index contributed by atoms with van der Waals surface area (Å²) >= 11 is 0. The maximum atomic E-state index is 3.60. The molecule has 0 aliphatic rings. The molecule has 0 spiro atoms. The van der Waals surface area contributed by atoms with Gasteiger partial charge in [-0.15, -0.1) is 0 Å². The summed E-state index contributed by atoms with van der Waals surface area (Å²) in [5.41, 5.74) is 1.41. The summed E-state index contributed by atoms with van der Waals surface area (Å²) in [6.07, 6.45) is 11.0. The molecule has 1 N–H and O–H groups in total. The number of aryl methyl sites for hydroxylation is 1. The molecule has 1 aromatic rings. The van der Waals surface area contributed by atoms with E-state index in [1.54, 1.807) is 0 Å². The maximum Gasteiger partial charge on any atom is 0.0220 e. The van der Waals surface area contributed by atoms with Gasteiger partial charge in [0.1, 0.15) is 0 Å². The van der Waals surface area contributed by atoms with E-state index in [-0.39, 0.29) is 0 Å². The van der Waals surface area contributed by atoms with E-state index in [0.717, 1.165) is 25.6 Å². The van der Waals surface area contributed by atoms with E-state index in [2.05, 4.69) is 49.1 Å². The average molecular weight is 250 g/mol. The number of rotatable bonds is 10. The molecule has 0 aliphatic carbocycles. The van der Waals surface area contributed by atoms with Gasteiger partial charge in [0.15, 0.2) is 0 Å². The van der Waals surface area contributed by atoms with E-state index in [1.807, 2.05) is 0 Å². The molecule has 1 atom stereocenters. The van der Waals surface area contributed by atoms with Crippen molar-refractivity contribution in [2.75, 3.05) is 6.54 Å². The Labute approximate surface area is 113 Å². The summed E-state index contributed by atoms with van der Waals surface area (Å²) in [6.45, 7) is 10.1. The Morgan fingerprint density at radius 3 is 2.72 bits per heavy atom. The second-order valence-electron chi connectivity index (χ2n) is 5.30. The van der Waals surface area contributed by atoms with Gasteiger partial charge in [0, 0.05) is 25.5 Å². The van der Waals surface area contributed by atoms with Gasteiger partial charge in [-0.05, 0) is 36.9 Å². The molecule has 0 radical (unpaired) electrons. The molecule has 0 fully saturated rings. The van der Waals surface area contributed by atoms with Gasteiger partial charge in [-0.25, -0.2) is 0 Å². The van der Waals surface area contributed by atoms with Crippen LogP contribution in [0.2, 0.25) is 0 Å². The van der Waals surface area contributed by atoms with Crippen LogP contribution in [0.4, 0.5) is 0 Å². The number of hydrogen-bond acceptors (Lipinski definition) is 1. The molecule has 1 rings (SSSR count). The lowest BCUT2D eigenvalue weighted by Gasteiger charge is -2.14. The first-order chi connectivity index (χ1) is 8.80. The summed E-state index contributed by atoms with van der Waals surface area (Å²) in [5.74, 6) is 0.850. The second-order valence-corrected chi connectivity index (χ2v) is 5.30. The zero-order chi connectivity index (χ0) is 13.2. The van der Waals surface area contributed by atoms with Gasteiger partial charge in [0.2, 0.25) is 0 Å². The van der Waals surface area contributed by atoms with Gasteiger partial charge in [-0.3, -0.25) is 0 Å². The topological polar surface area (TPSA) is 17.0 Å². The molecule has 1 heterocycles. The summed E-state index contributed by atoms with van der Waals surface area (Å²) in [5, 5.41) is 3.60. The molecule has 0 amide bonds. The van der Waals surface area contributed by atoms with Crippen molar-refractivity contribution in [3.8, 4) is 0 Å². The molecule has 2 nitrogen and oxygen atoms in total. The predicted molar refractivity (Wildman–Crippen MR) is 79.7 cm³/mol. The summed E-state index contributed by atoms with van der Waals surface area (Å²) < 4.78 is 2.28. The number of nitrogens with one attached hydrogen (secondary N) is 1. The highest BCUT2D eigenvalue weighted by Crippen LogP contribution is 2.11. The minimum Gasteiger partial charge on any atom is -0.354 e. The predicted octanol–water partition coefficient (Wildman–Crippen LogP) is 4.20. The Kier molecular flexibility index (Phi) is 7.83. The highest BCUT2D eigenvalue weighted by molar-refractivity contribution is 5.09. The molecular weight excluding hydrogens is 220 g/mol. The zero-order valence-corrected chi connectivity index (χ0v) is 12.4. The quantitative estimate of drug-likeness (QED) is 0.658. The van der Waals surface area contributed by atoms with Crippen molar-refractivity contribution in [2.45, 2.75) is 66.0 Å². The highest BCUT2D eigenvalue weighted by Gasteiger charge is 2.05. The smallest absolute Gasteiger partial charge is 0.0220 e. The average Bonchev–Trinajstić information content (AvgIpc) is 2.82. The molecule has 0 bridgehead atoms. The minimum atomic E-state index is 0.850. The van der Waals surface area contributed by atoms with Gasteiger partial charge < -0.3 is 9.88 Å². The van der Waals surface area contributed by atoms with Gasteiger partial charge in [-0.2, -0.15) is 0 Å². The molecule has 0 saturated carbocycles. The molecule has 18 heavy (non-hydrogen) atoms. The van der Waals surface area contributed by atoms with Crippen molar-refractivity contribution in [3.05, 3.63) is 24.0 Å². The Morgan fingerprint density at radius 1 is 1.22 bits per heavy atom. The standard InChI is InChI=1S/C16H30N2/c1-4-7-8-15(6-3)12-17-13-16-9-11-18(14-16)10-5-2/h9,11,14-15,17H,4-8,10,12-13H2,1-3H3. The van der Waals surface area contributed by atoms with Crippen LogP contribution in [-0.2, 0) is 13.1 Å². The van der Waals surface area contributed by atoms with E-state index in [1.165, 1.54) is 37.7 Å². The van der Waals surface area contributed by atoms with Gasteiger partial charge in [0.05, 0.1) is 0 Å². The Hall–Kier alpha value is -0.760. The molecule has 1 unspecified atom stereocenters. The van der Waals surface area contributed by atoms with Crippen LogP contribution >= 0.6 is 0 Å². The summed E-state index contributed by atoms with van der Waals surface area (Å²) in [7, 11) is 0. The Bertz CT molecular complexity index is 304. The van der Waals surface area contributed by atoms with Gasteiger partial charge in [-0.1, -0.05) is 40.0 Å². The van der Waals surface area contributed by atoms with Crippen LogP contribution in [0.15, 0.2) is 18.5 Å². The van der Waals surface area contributed by atoms with Crippen molar-refractivity contribution >= 4 is 0 Å². The summed E-state index contributed by atoms with van der Waals surface area (Å²) in [6, 6.07) is 2.23. The molecule has 104 valence electrons. The maximum absolute atomic E-state index is 3.60. The van der Waals surface area contributed by atoms with E-state index in [9.17, 15) is 0 Å². The van der Waals surface area contributed by atoms with E-state index >= 15 is 0 Å². The fourth-order valence-electron chi connectivity index (χ4n) is 2.36. The molecule has 1 aromatic heterocycles. The van der Waals surface area contributed by atoms with Crippen LogP contribution in [0.5, 0.6) is 0 Å². The first-order valence-electron chi connectivity index (χ1n) is 7.65. The van der Waals surface area contributed by atoms with Crippen LogP contribution < -0.4 is 5.32 Å². The Morgan fingerprint density at radius 2 is 2.06 bits per heavy atom. The lowest BCUT2D eigenvalue weighted by molar-refractivity contribution is 0.419. The third-order valence-corrected chi connectivity index (χ3v) is 3.60. The van der Waals surface area contributed by atoms with Crippen molar-refractivity contribution in [3.63, 3.8) is 0 Å². The monoisotopic (exact) mass is 250 g/mol. The van der Waals surface area contributed by atoms with E-state index in [0.29, 0.717) is 0 Å². The first kappa shape index (κ1) is 15.3. The number of hydrogen-bond donors (Lipinski definition) is 1. The fourth-order valence-corrected chi connectivity index (χ4v) is 2.36. The molecule has 0 saturated heterocycles.